The van der Waals surface area contributed by atoms with Crippen LogP contribution in [0.2, 0.25) is 0 Å². The van der Waals surface area contributed by atoms with Crippen molar-refractivity contribution in [3.8, 4) is 17.0 Å². The van der Waals surface area contributed by atoms with E-state index in [9.17, 15) is 9.90 Å². The van der Waals surface area contributed by atoms with E-state index in [4.69, 9.17) is 0 Å². The van der Waals surface area contributed by atoms with Gasteiger partial charge in [-0.05, 0) is 30.3 Å². The molecule has 3 aromatic rings. The lowest BCUT2D eigenvalue weighted by Crippen LogP contribution is -2.13. The van der Waals surface area contributed by atoms with E-state index < -0.39 is 0 Å². The third kappa shape index (κ3) is 3.03. The summed E-state index contributed by atoms with van der Waals surface area (Å²) in [5.74, 6) is -0.129. The first-order valence-electron chi connectivity index (χ1n) is 6.05. The van der Waals surface area contributed by atoms with Crippen molar-refractivity contribution < 1.29 is 9.90 Å². The van der Waals surface area contributed by atoms with Crippen LogP contribution in [-0.2, 0) is 0 Å². The monoisotopic (exact) mass is 298 g/mol. The molecular formula is C14H10N4O2S. The van der Waals surface area contributed by atoms with Crippen molar-refractivity contribution >= 4 is 22.4 Å². The van der Waals surface area contributed by atoms with E-state index in [0.29, 0.717) is 5.13 Å². The number of hydrogen-bond donors (Lipinski definition) is 2. The number of amides is 1. The second kappa shape index (κ2) is 5.68. The van der Waals surface area contributed by atoms with Gasteiger partial charge in [0.25, 0.3) is 5.91 Å². The summed E-state index contributed by atoms with van der Waals surface area (Å²) >= 11 is 1.32. The Bertz CT molecular complexity index is 756. The number of thiazole rings is 1. The van der Waals surface area contributed by atoms with Crippen molar-refractivity contribution in [2.24, 2.45) is 0 Å². The van der Waals surface area contributed by atoms with Gasteiger partial charge >= 0.3 is 0 Å². The number of phenols is 1. The number of phenolic OH excluding ortho intramolecular Hbond substituents is 1. The molecule has 0 atom stereocenters. The predicted molar refractivity (Wildman–Crippen MR) is 79.2 cm³/mol. The molecule has 0 bridgehead atoms. The van der Waals surface area contributed by atoms with Crippen LogP contribution in [0.4, 0.5) is 5.13 Å². The van der Waals surface area contributed by atoms with Crippen molar-refractivity contribution in [3.63, 3.8) is 0 Å². The predicted octanol–water partition coefficient (Wildman–Crippen LogP) is 2.56. The molecule has 21 heavy (non-hydrogen) atoms. The number of benzene rings is 1. The van der Waals surface area contributed by atoms with Crippen LogP contribution in [0.1, 0.15) is 10.5 Å². The van der Waals surface area contributed by atoms with E-state index in [1.54, 1.807) is 24.3 Å². The lowest BCUT2D eigenvalue weighted by atomic mass is 10.2. The minimum absolute atomic E-state index is 0.200. The van der Waals surface area contributed by atoms with E-state index in [0.717, 1.165) is 11.3 Å². The molecule has 104 valence electrons. The van der Waals surface area contributed by atoms with Crippen molar-refractivity contribution in [2.75, 3.05) is 5.32 Å². The minimum Gasteiger partial charge on any atom is -0.508 e. The van der Waals surface area contributed by atoms with E-state index in [2.05, 4.69) is 20.3 Å². The number of aromatic nitrogens is 3. The Labute approximate surface area is 124 Å². The van der Waals surface area contributed by atoms with Gasteiger partial charge in [0.15, 0.2) is 5.13 Å². The number of carbonyl (C=O) groups excluding carboxylic acids is 1. The van der Waals surface area contributed by atoms with Crippen LogP contribution >= 0.6 is 11.3 Å². The Kier molecular flexibility index (Phi) is 3.57. The number of hydrogen-bond acceptors (Lipinski definition) is 6. The fourth-order valence-electron chi connectivity index (χ4n) is 1.68. The van der Waals surface area contributed by atoms with E-state index in [1.165, 1.54) is 29.9 Å². The second-order valence-electron chi connectivity index (χ2n) is 4.13. The quantitative estimate of drug-likeness (QED) is 0.776. The van der Waals surface area contributed by atoms with Crippen LogP contribution < -0.4 is 5.32 Å². The first-order valence-corrected chi connectivity index (χ1v) is 6.92. The van der Waals surface area contributed by atoms with Crippen LogP contribution in [0, 0.1) is 0 Å². The van der Waals surface area contributed by atoms with Crippen LogP contribution in [0.25, 0.3) is 11.3 Å². The van der Waals surface area contributed by atoms with Gasteiger partial charge in [0, 0.05) is 17.1 Å². The Morgan fingerprint density at radius 2 is 2.00 bits per heavy atom. The standard InChI is InChI=1S/C14H10N4O2S/c19-10-3-1-9(2-4-10)12-7-21-14(17-12)18-13(20)11-5-6-15-8-16-11/h1-8,19H,(H,17,18,20). The molecule has 0 saturated heterocycles. The van der Waals surface area contributed by atoms with Gasteiger partial charge in [0.2, 0.25) is 0 Å². The Morgan fingerprint density at radius 1 is 1.19 bits per heavy atom. The van der Waals surface area contributed by atoms with Gasteiger partial charge in [-0.2, -0.15) is 0 Å². The SMILES string of the molecule is O=C(Nc1nc(-c2ccc(O)cc2)cs1)c1ccncn1. The number of nitrogens with zero attached hydrogens (tertiary/aromatic N) is 3. The highest BCUT2D eigenvalue weighted by atomic mass is 32.1. The van der Waals surface area contributed by atoms with Gasteiger partial charge in [-0.1, -0.05) is 0 Å². The van der Waals surface area contributed by atoms with E-state index >= 15 is 0 Å². The summed E-state index contributed by atoms with van der Waals surface area (Å²) < 4.78 is 0. The zero-order valence-electron chi connectivity index (χ0n) is 10.7. The maximum atomic E-state index is 11.9. The smallest absolute Gasteiger partial charge is 0.276 e. The molecule has 0 saturated carbocycles. The zero-order chi connectivity index (χ0) is 14.7. The van der Waals surface area contributed by atoms with Gasteiger partial charge in [-0.25, -0.2) is 15.0 Å². The molecule has 0 radical (unpaired) electrons. The first kappa shape index (κ1) is 13.2. The number of anilines is 1. The average molecular weight is 298 g/mol. The molecular weight excluding hydrogens is 288 g/mol. The first-order chi connectivity index (χ1) is 10.2. The zero-order valence-corrected chi connectivity index (χ0v) is 11.5. The molecule has 0 aliphatic carbocycles. The lowest BCUT2D eigenvalue weighted by Gasteiger charge is -2.00. The van der Waals surface area contributed by atoms with Gasteiger partial charge in [0.1, 0.15) is 17.8 Å². The van der Waals surface area contributed by atoms with Crippen LogP contribution in [0.3, 0.4) is 0 Å². The summed E-state index contributed by atoms with van der Waals surface area (Å²) in [6.07, 6.45) is 2.82. The fourth-order valence-corrected chi connectivity index (χ4v) is 2.40. The number of nitrogens with one attached hydrogen (secondary N) is 1. The van der Waals surface area contributed by atoms with Gasteiger partial charge < -0.3 is 5.11 Å². The summed E-state index contributed by atoms with van der Waals surface area (Å²) in [6, 6.07) is 8.24. The molecule has 0 fully saturated rings. The summed E-state index contributed by atoms with van der Waals surface area (Å²) in [6.45, 7) is 0. The summed E-state index contributed by atoms with van der Waals surface area (Å²) in [5, 5.41) is 14.3. The number of carbonyl (C=O) groups is 1. The molecule has 0 spiro atoms. The molecule has 1 aromatic carbocycles. The van der Waals surface area contributed by atoms with Crippen molar-refractivity contribution in [1.29, 1.82) is 0 Å². The lowest BCUT2D eigenvalue weighted by molar-refractivity contribution is 0.102. The molecule has 0 aliphatic rings. The van der Waals surface area contributed by atoms with E-state index in [1.807, 2.05) is 5.38 Å². The highest BCUT2D eigenvalue weighted by Crippen LogP contribution is 2.26. The Morgan fingerprint density at radius 3 is 2.71 bits per heavy atom. The molecule has 1 amide bonds. The van der Waals surface area contributed by atoms with Crippen LogP contribution in [0.5, 0.6) is 5.75 Å². The summed E-state index contributed by atoms with van der Waals surface area (Å²) in [7, 11) is 0. The van der Waals surface area contributed by atoms with Crippen molar-refractivity contribution in [2.45, 2.75) is 0 Å². The van der Waals surface area contributed by atoms with Crippen LogP contribution in [0.15, 0.2) is 48.2 Å². The number of aromatic hydroxyl groups is 1. The normalized spacial score (nSPS) is 10.3. The molecule has 2 aromatic heterocycles. The molecule has 3 rings (SSSR count). The van der Waals surface area contributed by atoms with Crippen molar-refractivity contribution in [3.05, 3.63) is 53.9 Å². The second-order valence-corrected chi connectivity index (χ2v) is 4.99. The summed E-state index contributed by atoms with van der Waals surface area (Å²) in [4.78, 5) is 23.9. The third-order valence-corrected chi connectivity index (χ3v) is 3.46. The van der Waals surface area contributed by atoms with Crippen LogP contribution in [-0.4, -0.2) is 26.0 Å². The highest BCUT2D eigenvalue weighted by molar-refractivity contribution is 7.14. The maximum absolute atomic E-state index is 11.9. The molecule has 0 aliphatic heterocycles. The highest BCUT2D eigenvalue weighted by Gasteiger charge is 2.10. The topological polar surface area (TPSA) is 88.0 Å². The van der Waals surface area contributed by atoms with Gasteiger partial charge in [0.05, 0.1) is 5.69 Å². The third-order valence-electron chi connectivity index (χ3n) is 2.70. The maximum Gasteiger partial charge on any atom is 0.276 e. The van der Waals surface area contributed by atoms with Crippen molar-refractivity contribution in [1.82, 2.24) is 15.0 Å². The number of rotatable bonds is 3. The molecule has 7 heteroatoms. The van der Waals surface area contributed by atoms with E-state index in [-0.39, 0.29) is 17.4 Å². The van der Waals surface area contributed by atoms with Gasteiger partial charge in [-0.3, -0.25) is 10.1 Å². The molecule has 0 unspecified atom stereocenters. The summed E-state index contributed by atoms with van der Waals surface area (Å²) in [5.41, 5.74) is 1.89. The Hall–Kier alpha value is -2.80. The Balaban J connectivity index is 1.76. The largest absolute Gasteiger partial charge is 0.508 e. The fraction of sp³-hybridized carbons (Fsp3) is 0. The molecule has 2 heterocycles. The average Bonchev–Trinajstić information content (AvgIpc) is 2.97. The van der Waals surface area contributed by atoms with Gasteiger partial charge in [-0.15, -0.1) is 11.3 Å². The molecule has 6 nitrogen and oxygen atoms in total. The minimum atomic E-state index is -0.330. The molecule has 2 N–H and O–H groups in total.